The molecule has 0 fully saturated rings. The number of sulfone groups is 1. The maximum absolute atomic E-state index is 11.5. The molecule has 5 nitrogen and oxygen atoms in total. The predicted octanol–water partition coefficient (Wildman–Crippen LogP) is -0.275. The van der Waals surface area contributed by atoms with E-state index in [4.69, 9.17) is 5.73 Å². The van der Waals surface area contributed by atoms with Gasteiger partial charge in [-0.15, -0.1) is 0 Å². The summed E-state index contributed by atoms with van der Waals surface area (Å²) in [6, 6.07) is 1.52. The Hall–Kier alpha value is -0.880. The van der Waals surface area contributed by atoms with Crippen molar-refractivity contribution in [2.75, 3.05) is 11.5 Å². The summed E-state index contributed by atoms with van der Waals surface area (Å²) < 4.78 is 24.8. The number of aromatic nitrogens is 2. The maximum atomic E-state index is 11.5. The Morgan fingerprint density at radius 2 is 2.27 bits per heavy atom. The van der Waals surface area contributed by atoms with E-state index >= 15 is 0 Å². The Morgan fingerprint density at radius 3 is 2.73 bits per heavy atom. The summed E-state index contributed by atoms with van der Waals surface area (Å²) >= 11 is 0. The van der Waals surface area contributed by atoms with E-state index in [1.807, 2.05) is 6.07 Å². The first-order chi connectivity index (χ1) is 6.91. The van der Waals surface area contributed by atoms with Crippen LogP contribution < -0.4 is 5.73 Å². The molecule has 86 valence electrons. The maximum Gasteiger partial charge on any atom is 0.152 e. The van der Waals surface area contributed by atoms with Crippen LogP contribution >= 0.6 is 0 Å². The molecule has 0 spiro atoms. The molecule has 1 unspecified atom stereocenters. The molecule has 1 rings (SSSR count). The third-order valence-corrected chi connectivity index (χ3v) is 3.97. The molecule has 0 radical (unpaired) electrons. The lowest BCUT2D eigenvalue weighted by Gasteiger charge is -2.06. The van der Waals surface area contributed by atoms with Crippen molar-refractivity contribution in [1.82, 2.24) is 9.78 Å². The van der Waals surface area contributed by atoms with Crippen LogP contribution in [0.3, 0.4) is 0 Å². The molecule has 0 aliphatic carbocycles. The minimum absolute atomic E-state index is 0.0465. The SMILES string of the molecule is CC(N)CS(=O)(=O)CCc1ccnn1C. The second-order valence-electron chi connectivity index (χ2n) is 3.79. The van der Waals surface area contributed by atoms with Gasteiger partial charge >= 0.3 is 0 Å². The lowest BCUT2D eigenvalue weighted by atomic mass is 10.3. The van der Waals surface area contributed by atoms with Gasteiger partial charge in [0.2, 0.25) is 0 Å². The van der Waals surface area contributed by atoms with Crippen LogP contribution in [-0.2, 0) is 23.3 Å². The highest BCUT2D eigenvalue weighted by Gasteiger charge is 2.14. The van der Waals surface area contributed by atoms with E-state index in [0.29, 0.717) is 6.42 Å². The average molecular weight is 231 g/mol. The minimum Gasteiger partial charge on any atom is -0.327 e. The Morgan fingerprint density at radius 1 is 1.60 bits per heavy atom. The summed E-state index contributed by atoms with van der Waals surface area (Å²) in [7, 11) is -1.24. The third-order valence-electron chi connectivity index (χ3n) is 2.11. The number of nitrogens with two attached hydrogens (primary N) is 1. The zero-order chi connectivity index (χ0) is 11.5. The van der Waals surface area contributed by atoms with E-state index in [-0.39, 0.29) is 17.5 Å². The molecule has 1 atom stereocenters. The van der Waals surface area contributed by atoms with Gasteiger partial charge in [-0.1, -0.05) is 0 Å². The van der Waals surface area contributed by atoms with Crippen molar-refractivity contribution >= 4 is 9.84 Å². The second-order valence-corrected chi connectivity index (χ2v) is 6.02. The van der Waals surface area contributed by atoms with Gasteiger partial charge < -0.3 is 5.73 Å². The van der Waals surface area contributed by atoms with Gasteiger partial charge in [-0.05, 0) is 13.0 Å². The highest BCUT2D eigenvalue weighted by atomic mass is 32.2. The van der Waals surface area contributed by atoms with E-state index in [0.717, 1.165) is 5.69 Å². The molecule has 0 saturated heterocycles. The summed E-state index contributed by atoms with van der Waals surface area (Å²) in [6.07, 6.45) is 2.15. The van der Waals surface area contributed by atoms with Gasteiger partial charge in [0, 0.05) is 31.4 Å². The molecule has 0 saturated carbocycles. The average Bonchev–Trinajstić information content (AvgIpc) is 2.45. The van der Waals surface area contributed by atoms with Crippen molar-refractivity contribution in [3.05, 3.63) is 18.0 Å². The first kappa shape index (κ1) is 12.2. The van der Waals surface area contributed by atoms with Crippen molar-refractivity contribution in [3.8, 4) is 0 Å². The zero-order valence-electron chi connectivity index (χ0n) is 9.05. The molecule has 1 aromatic heterocycles. The van der Waals surface area contributed by atoms with Gasteiger partial charge in [0.15, 0.2) is 9.84 Å². The molecular weight excluding hydrogens is 214 g/mol. The van der Waals surface area contributed by atoms with Crippen LogP contribution in [0.5, 0.6) is 0 Å². The molecule has 2 N–H and O–H groups in total. The molecule has 0 amide bonds. The van der Waals surface area contributed by atoms with Crippen LogP contribution in [0.2, 0.25) is 0 Å². The summed E-state index contributed by atoms with van der Waals surface area (Å²) in [5, 5.41) is 3.98. The normalized spacial score (nSPS) is 14.1. The van der Waals surface area contributed by atoms with Crippen LogP contribution in [0.1, 0.15) is 12.6 Å². The monoisotopic (exact) mass is 231 g/mol. The lowest BCUT2D eigenvalue weighted by Crippen LogP contribution is -2.28. The number of hydrogen-bond acceptors (Lipinski definition) is 4. The van der Waals surface area contributed by atoms with Crippen LogP contribution in [0.4, 0.5) is 0 Å². The summed E-state index contributed by atoms with van der Waals surface area (Å²) in [6.45, 7) is 1.70. The zero-order valence-corrected chi connectivity index (χ0v) is 9.87. The fourth-order valence-electron chi connectivity index (χ4n) is 1.39. The minimum atomic E-state index is -3.04. The first-order valence-corrected chi connectivity index (χ1v) is 6.66. The Labute approximate surface area is 90.2 Å². The molecular formula is C9H17N3O2S. The van der Waals surface area contributed by atoms with Gasteiger partial charge in [0.1, 0.15) is 0 Å². The van der Waals surface area contributed by atoms with Gasteiger partial charge in [0.25, 0.3) is 0 Å². The number of rotatable bonds is 5. The van der Waals surface area contributed by atoms with Gasteiger partial charge in [-0.2, -0.15) is 5.10 Å². The Balaban J connectivity index is 2.54. The molecule has 6 heteroatoms. The van der Waals surface area contributed by atoms with Crippen LogP contribution in [-0.4, -0.2) is 35.7 Å². The molecule has 0 aliphatic rings. The van der Waals surface area contributed by atoms with E-state index < -0.39 is 9.84 Å². The van der Waals surface area contributed by atoms with E-state index in [9.17, 15) is 8.42 Å². The molecule has 1 aromatic rings. The van der Waals surface area contributed by atoms with Gasteiger partial charge in [-0.25, -0.2) is 8.42 Å². The fourth-order valence-corrected chi connectivity index (χ4v) is 2.88. The first-order valence-electron chi connectivity index (χ1n) is 4.83. The summed E-state index contributed by atoms with van der Waals surface area (Å²) in [5.41, 5.74) is 6.38. The largest absolute Gasteiger partial charge is 0.327 e. The second kappa shape index (κ2) is 4.76. The van der Waals surface area contributed by atoms with E-state index in [1.165, 1.54) is 0 Å². The van der Waals surface area contributed by atoms with Crippen molar-refractivity contribution in [1.29, 1.82) is 0 Å². The van der Waals surface area contributed by atoms with Crippen molar-refractivity contribution in [2.24, 2.45) is 12.8 Å². The fraction of sp³-hybridized carbons (Fsp3) is 0.667. The summed E-state index contributed by atoms with van der Waals surface area (Å²) in [4.78, 5) is 0. The Bertz CT molecular complexity index is 409. The van der Waals surface area contributed by atoms with Crippen LogP contribution in [0.15, 0.2) is 12.3 Å². The summed E-state index contributed by atoms with van der Waals surface area (Å²) in [5.74, 6) is 0.179. The molecule has 1 heterocycles. The van der Waals surface area contributed by atoms with Crippen LogP contribution in [0, 0.1) is 0 Å². The highest BCUT2D eigenvalue weighted by Crippen LogP contribution is 2.02. The number of hydrogen-bond donors (Lipinski definition) is 1. The Kier molecular flexibility index (Phi) is 3.87. The van der Waals surface area contributed by atoms with Crippen molar-refractivity contribution in [3.63, 3.8) is 0 Å². The predicted molar refractivity (Wildman–Crippen MR) is 59.2 cm³/mol. The topological polar surface area (TPSA) is 78.0 Å². The van der Waals surface area contributed by atoms with E-state index in [1.54, 1.807) is 24.9 Å². The molecule has 15 heavy (non-hydrogen) atoms. The smallest absolute Gasteiger partial charge is 0.152 e. The third kappa shape index (κ3) is 4.01. The van der Waals surface area contributed by atoms with Crippen molar-refractivity contribution < 1.29 is 8.42 Å². The lowest BCUT2D eigenvalue weighted by molar-refractivity contribution is 0.588. The van der Waals surface area contributed by atoms with Gasteiger partial charge in [0.05, 0.1) is 11.5 Å². The van der Waals surface area contributed by atoms with E-state index in [2.05, 4.69) is 5.10 Å². The molecule has 0 aliphatic heterocycles. The van der Waals surface area contributed by atoms with Gasteiger partial charge in [-0.3, -0.25) is 4.68 Å². The quantitative estimate of drug-likeness (QED) is 0.756. The standard InChI is InChI=1S/C9H17N3O2S/c1-8(10)7-15(13,14)6-4-9-3-5-11-12(9)2/h3,5,8H,4,6-7,10H2,1-2H3. The highest BCUT2D eigenvalue weighted by molar-refractivity contribution is 7.91. The molecule has 0 aromatic carbocycles. The van der Waals surface area contributed by atoms with Crippen molar-refractivity contribution in [2.45, 2.75) is 19.4 Å². The number of nitrogens with zero attached hydrogens (tertiary/aromatic N) is 2. The van der Waals surface area contributed by atoms with Crippen LogP contribution in [0.25, 0.3) is 0 Å². The number of aryl methyl sites for hydroxylation is 2. The molecule has 0 bridgehead atoms.